The first-order chi connectivity index (χ1) is 9.95. The largest absolute Gasteiger partial charge is 0.478 e. The highest BCUT2D eigenvalue weighted by Crippen LogP contribution is 2.27. The lowest BCUT2D eigenvalue weighted by molar-refractivity contribution is -0.385. The van der Waals surface area contributed by atoms with Gasteiger partial charge in [-0.15, -0.1) is 0 Å². The van der Waals surface area contributed by atoms with Crippen LogP contribution in [0.25, 0.3) is 0 Å². The topological polar surface area (TPSA) is 128 Å². The molecule has 0 aliphatic rings. The van der Waals surface area contributed by atoms with E-state index in [4.69, 9.17) is 14.6 Å². The van der Waals surface area contributed by atoms with Gasteiger partial charge in [0.1, 0.15) is 0 Å². The SMILES string of the molecule is COCCNC(=O)COc1cc(C(=O)O)ccc1[N+](=O)[O-]. The number of nitro benzene ring substituents is 1. The molecule has 9 nitrogen and oxygen atoms in total. The van der Waals surface area contributed by atoms with Crippen LogP contribution in [0.2, 0.25) is 0 Å². The summed E-state index contributed by atoms with van der Waals surface area (Å²) in [4.78, 5) is 32.3. The van der Waals surface area contributed by atoms with Gasteiger partial charge < -0.3 is 19.9 Å². The fourth-order valence-electron chi connectivity index (χ4n) is 1.40. The number of nitro groups is 1. The zero-order valence-corrected chi connectivity index (χ0v) is 11.2. The fraction of sp³-hybridized carbons (Fsp3) is 0.333. The summed E-state index contributed by atoms with van der Waals surface area (Å²) in [5.74, 6) is -2.02. The molecule has 2 N–H and O–H groups in total. The van der Waals surface area contributed by atoms with E-state index in [1.54, 1.807) is 0 Å². The molecule has 21 heavy (non-hydrogen) atoms. The molecular weight excluding hydrogens is 284 g/mol. The number of methoxy groups -OCH3 is 1. The summed E-state index contributed by atoms with van der Waals surface area (Å²) < 4.78 is 9.76. The van der Waals surface area contributed by atoms with Gasteiger partial charge >= 0.3 is 11.7 Å². The van der Waals surface area contributed by atoms with Gasteiger partial charge in [0.2, 0.25) is 0 Å². The van der Waals surface area contributed by atoms with E-state index in [0.29, 0.717) is 6.61 Å². The van der Waals surface area contributed by atoms with E-state index >= 15 is 0 Å². The number of carbonyl (C=O) groups is 2. The molecule has 0 heterocycles. The summed E-state index contributed by atoms with van der Waals surface area (Å²) in [5, 5.41) is 22.1. The van der Waals surface area contributed by atoms with Crippen LogP contribution in [0.5, 0.6) is 5.75 Å². The predicted octanol–water partition coefficient (Wildman–Crippen LogP) is 0.434. The molecule has 0 unspecified atom stereocenters. The Morgan fingerprint density at radius 2 is 2.14 bits per heavy atom. The molecule has 1 rings (SSSR count). The number of nitrogens with zero attached hydrogens (tertiary/aromatic N) is 1. The van der Waals surface area contributed by atoms with E-state index in [-0.39, 0.29) is 17.9 Å². The van der Waals surface area contributed by atoms with Crippen LogP contribution in [-0.4, -0.2) is 48.8 Å². The molecule has 0 saturated carbocycles. The van der Waals surface area contributed by atoms with E-state index in [1.807, 2.05) is 0 Å². The highest BCUT2D eigenvalue weighted by molar-refractivity contribution is 5.88. The molecule has 0 aliphatic carbocycles. The molecular formula is C12H14N2O7. The molecule has 0 bridgehead atoms. The van der Waals surface area contributed by atoms with Crippen molar-refractivity contribution in [2.75, 3.05) is 26.9 Å². The van der Waals surface area contributed by atoms with Crippen LogP contribution >= 0.6 is 0 Å². The lowest BCUT2D eigenvalue weighted by atomic mass is 10.2. The molecule has 0 aromatic heterocycles. The van der Waals surface area contributed by atoms with E-state index in [1.165, 1.54) is 7.11 Å². The number of nitrogens with one attached hydrogen (secondary N) is 1. The number of carbonyl (C=O) groups excluding carboxylic acids is 1. The van der Waals surface area contributed by atoms with Crippen LogP contribution < -0.4 is 10.1 Å². The van der Waals surface area contributed by atoms with Crippen molar-refractivity contribution in [3.63, 3.8) is 0 Å². The first-order valence-electron chi connectivity index (χ1n) is 5.86. The van der Waals surface area contributed by atoms with Crippen molar-refractivity contribution in [1.29, 1.82) is 0 Å². The second kappa shape index (κ2) is 7.80. The third-order valence-corrected chi connectivity index (χ3v) is 2.39. The second-order valence-electron chi connectivity index (χ2n) is 3.88. The number of hydrogen-bond acceptors (Lipinski definition) is 6. The average Bonchev–Trinajstić information content (AvgIpc) is 2.44. The Hall–Kier alpha value is -2.68. The Morgan fingerprint density at radius 3 is 2.71 bits per heavy atom. The molecule has 0 spiro atoms. The molecule has 1 aromatic rings. The number of carboxylic acid groups (broad SMARTS) is 1. The summed E-state index contributed by atoms with van der Waals surface area (Å²) in [7, 11) is 1.48. The summed E-state index contributed by atoms with van der Waals surface area (Å²) in [5.41, 5.74) is -0.583. The van der Waals surface area contributed by atoms with Gasteiger partial charge in [0, 0.05) is 25.8 Å². The quantitative estimate of drug-likeness (QED) is 0.404. The first kappa shape index (κ1) is 16.4. The molecule has 1 amide bonds. The summed E-state index contributed by atoms with van der Waals surface area (Å²) in [6.45, 7) is 0.129. The molecule has 0 atom stereocenters. The van der Waals surface area contributed by atoms with Crippen molar-refractivity contribution in [3.05, 3.63) is 33.9 Å². The Labute approximate surface area is 119 Å². The molecule has 0 radical (unpaired) electrons. The monoisotopic (exact) mass is 298 g/mol. The van der Waals surface area contributed by atoms with Gasteiger partial charge in [0.05, 0.1) is 17.1 Å². The van der Waals surface area contributed by atoms with E-state index in [9.17, 15) is 19.7 Å². The van der Waals surface area contributed by atoms with Gasteiger partial charge in [-0.25, -0.2) is 4.79 Å². The molecule has 114 valence electrons. The van der Waals surface area contributed by atoms with E-state index in [2.05, 4.69) is 5.32 Å². The minimum Gasteiger partial charge on any atom is -0.478 e. The molecule has 0 fully saturated rings. The van der Waals surface area contributed by atoms with Crippen LogP contribution in [0.3, 0.4) is 0 Å². The van der Waals surface area contributed by atoms with Crippen molar-refractivity contribution >= 4 is 17.6 Å². The number of benzene rings is 1. The molecule has 9 heteroatoms. The van der Waals surface area contributed by atoms with E-state index < -0.39 is 29.1 Å². The highest BCUT2D eigenvalue weighted by atomic mass is 16.6. The third-order valence-electron chi connectivity index (χ3n) is 2.39. The van der Waals surface area contributed by atoms with E-state index in [0.717, 1.165) is 18.2 Å². The molecule has 1 aromatic carbocycles. The van der Waals surface area contributed by atoms with Crippen LogP contribution in [0.15, 0.2) is 18.2 Å². The number of aromatic carboxylic acids is 1. The Balaban J connectivity index is 2.75. The van der Waals surface area contributed by atoms with Crippen molar-refractivity contribution in [2.24, 2.45) is 0 Å². The van der Waals surface area contributed by atoms with Gasteiger partial charge in [-0.2, -0.15) is 0 Å². The normalized spacial score (nSPS) is 9.95. The average molecular weight is 298 g/mol. The number of ether oxygens (including phenoxy) is 2. The van der Waals surface area contributed by atoms with Crippen molar-refractivity contribution < 1.29 is 29.1 Å². The first-order valence-corrected chi connectivity index (χ1v) is 5.86. The summed E-state index contributed by atoms with van der Waals surface area (Å²) in [6, 6.07) is 3.11. The van der Waals surface area contributed by atoms with Crippen LogP contribution in [0.1, 0.15) is 10.4 Å². The molecule has 0 saturated heterocycles. The van der Waals surface area contributed by atoms with Gasteiger partial charge in [-0.05, 0) is 6.07 Å². The predicted molar refractivity (Wildman–Crippen MR) is 70.4 cm³/mol. The fourth-order valence-corrected chi connectivity index (χ4v) is 1.40. The third kappa shape index (κ3) is 5.07. The van der Waals surface area contributed by atoms with Gasteiger partial charge in [0.25, 0.3) is 5.91 Å². The maximum atomic E-state index is 11.4. The Kier molecular flexibility index (Phi) is 6.08. The van der Waals surface area contributed by atoms with Gasteiger partial charge in [-0.3, -0.25) is 14.9 Å². The summed E-state index contributed by atoms with van der Waals surface area (Å²) >= 11 is 0. The zero-order valence-electron chi connectivity index (χ0n) is 11.2. The Bertz CT molecular complexity index is 544. The van der Waals surface area contributed by atoms with Gasteiger partial charge in [-0.1, -0.05) is 0 Å². The molecule has 0 aliphatic heterocycles. The van der Waals surface area contributed by atoms with Crippen LogP contribution in [0.4, 0.5) is 5.69 Å². The minimum absolute atomic E-state index is 0.171. The maximum absolute atomic E-state index is 11.4. The van der Waals surface area contributed by atoms with Crippen molar-refractivity contribution in [2.45, 2.75) is 0 Å². The second-order valence-corrected chi connectivity index (χ2v) is 3.88. The minimum atomic E-state index is -1.25. The maximum Gasteiger partial charge on any atom is 0.335 e. The lowest BCUT2D eigenvalue weighted by Crippen LogP contribution is -2.31. The van der Waals surface area contributed by atoms with Crippen molar-refractivity contribution in [1.82, 2.24) is 5.32 Å². The van der Waals surface area contributed by atoms with Crippen LogP contribution in [0, 0.1) is 10.1 Å². The standard InChI is InChI=1S/C12H14N2O7/c1-20-5-4-13-11(15)7-21-10-6-8(12(16)17)2-3-9(10)14(18)19/h2-3,6H,4-5,7H2,1H3,(H,13,15)(H,16,17). The lowest BCUT2D eigenvalue weighted by Gasteiger charge is -2.08. The zero-order chi connectivity index (χ0) is 15.8. The number of rotatable bonds is 8. The number of carboxylic acids is 1. The van der Waals surface area contributed by atoms with Crippen LogP contribution in [-0.2, 0) is 9.53 Å². The summed E-state index contributed by atoms with van der Waals surface area (Å²) in [6.07, 6.45) is 0. The Morgan fingerprint density at radius 1 is 1.43 bits per heavy atom. The smallest absolute Gasteiger partial charge is 0.335 e. The highest BCUT2D eigenvalue weighted by Gasteiger charge is 2.18. The number of amides is 1. The van der Waals surface area contributed by atoms with Gasteiger partial charge in [0.15, 0.2) is 12.4 Å². The number of hydrogen-bond donors (Lipinski definition) is 2. The van der Waals surface area contributed by atoms with Crippen molar-refractivity contribution in [3.8, 4) is 5.75 Å².